The fourth-order valence-corrected chi connectivity index (χ4v) is 3.71. The van der Waals surface area contributed by atoms with Crippen LogP contribution in [0.3, 0.4) is 0 Å². The SMILES string of the molecule is N#C[C@H]1[C@@H](Cc2ccccc2CCC(=O)O)[C@@H]2CC[C@H]1O2. The summed E-state index contributed by atoms with van der Waals surface area (Å²) in [5.41, 5.74) is 2.25. The summed E-state index contributed by atoms with van der Waals surface area (Å²) >= 11 is 0. The first-order valence-electron chi connectivity index (χ1n) is 7.52. The van der Waals surface area contributed by atoms with Crippen LogP contribution in [0, 0.1) is 23.2 Å². The summed E-state index contributed by atoms with van der Waals surface area (Å²) in [6.45, 7) is 0. The fourth-order valence-electron chi connectivity index (χ4n) is 3.71. The predicted octanol–water partition coefficient (Wildman–Crippen LogP) is 2.56. The molecule has 2 aliphatic heterocycles. The second kappa shape index (κ2) is 5.87. The molecule has 3 rings (SSSR count). The van der Waals surface area contributed by atoms with Crippen LogP contribution in [0.25, 0.3) is 0 Å². The molecule has 2 saturated heterocycles. The maximum Gasteiger partial charge on any atom is 0.303 e. The van der Waals surface area contributed by atoms with Crippen LogP contribution in [0.15, 0.2) is 24.3 Å². The van der Waals surface area contributed by atoms with Crippen LogP contribution in [0.5, 0.6) is 0 Å². The number of carboxylic acid groups (broad SMARTS) is 1. The van der Waals surface area contributed by atoms with Gasteiger partial charge < -0.3 is 9.84 Å². The first-order chi connectivity index (χ1) is 10.2. The molecule has 0 radical (unpaired) electrons. The molecular weight excluding hydrogens is 266 g/mol. The van der Waals surface area contributed by atoms with E-state index in [-0.39, 0.29) is 30.5 Å². The maximum atomic E-state index is 10.8. The monoisotopic (exact) mass is 285 g/mol. The molecule has 2 heterocycles. The van der Waals surface area contributed by atoms with E-state index >= 15 is 0 Å². The molecule has 1 aromatic carbocycles. The third-order valence-corrected chi connectivity index (χ3v) is 4.76. The summed E-state index contributed by atoms with van der Waals surface area (Å²) < 4.78 is 5.88. The Balaban J connectivity index is 1.76. The van der Waals surface area contributed by atoms with E-state index in [9.17, 15) is 10.1 Å². The molecule has 0 unspecified atom stereocenters. The van der Waals surface area contributed by atoms with E-state index in [2.05, 4.69) is 12.1 Å². The van der Waals surface area contributed by atoms with E-state index in [0.717, 1.165) is 24.8 Å². The summed E-state index contributed by atoms with van der Waals surface area (Å²) in [4.78, 5) is 10.8. The lowest BCUT2D eigenvalue weighted by atomic mass is 9.76. The van der Waals surface area contributed by atoms with Gasteiger partial charge in [0.2, 0.25) is 0 Å². The van der Waals surface area contributed by atoms with Crippen LogP contribution in [0.4, 0.5) is 0 Å². The Morgan fingerprint density at radius 3 is 2.71 bits per heavy atom. The first kappa shape index (κ1) is 14.1. The van der Waals surface area contributed by atoms with E-state index in [0.29, 0.717) is 6.42 Å². The van der Waals surface area contributed by atoms with Gasteiger partial charge >= 0.3 is 5.97 Å². The number of carboxylic acids is 1. The summed E-state index contributed by atoms with van der Waals surface area (Å²) in [5, 5.41) is 18.2. The Labute approximate surface area is 124 Å². The number of aryl methyl sites for hydroxylation is 1. The van der Waals surface area contributed by atoms with Crippen molar-refractivity contribution in [1.82, 2.24) is 0 Å². The van der Waals surface area contributed by atoms with Gasteiger partial charge in [-0.2, -0.15) is 5.26 Å². The van der Waals surface area contributed by atoms with Crippen molar-refractivity contribution in [3.63, 3.8) is 0 Å². The van der Waals surface area contributed by atoms with Gasteiger partial charge in [-0.25, -0.2) is 0 Å². The molecule has 2 fully saturated rings. The number of hydrogen-bond donors (Lipinski definition) is 1. The van der Waals surface area contributed by atoms with Crippen molar-refractivity contribution in [3.8, 4) is 6.07 Å². The lowest BCUT2D eigenvalue weighted by Gasteiger charge is -2.24. The van der Waals surface area contributed by atoms with Crippen molar-refractivity contribution in [3.05, 3.63) is 35.4 Å². The molecule has 4 atom stereocenters. The average Bonchev–Trinajstić information content (AvgIpc) is 3.07. The molecule has 0 aliphatic carbocycles. The van der Waals surface area contributed by atoms with Gasteiger partial charge in [0.25, 0.3) is 0 Å². The van der Waals surface area contributed by atoms with Gasteiger partial charge in [-0.3, -0.25) is 4.79 Å². The highest BCUT2D eigenvalue weighted by Gasteiger charge is 2.48. The largest absolute Gasteiger partial charge is 0.481 e. The normalized spacial score (nSPS) is 30.2. The van der Waals surface area contributed by atoms with E-state index in [1.165, 1.54) is 5.56 Å². The quantitative estimate of drug-likeness (QED) is 0.902. The van der Waals surface area contributed by atoms with E-state index in [1.807, 2.05) is 18.2 Å². The third kappa shape index (κ3) is 2.79. The highest BCUT2D eigenvalue weighted by atomic mass is 16.5. The molecule has 2 bridgehead atoms. The number of nitrogens with zero attached hydrogens (tertiary/aromatic N) is 1. The molecule has 21 heavy (non-hydrogen) atoms. The van der Waals surface area contributed by atoms with Crippen molar-refractivity contribution in [1.29, 1.82) is 5.26 Å². The lowest BCUT2D eigenvalue weighted by molar-refractivity contribution is -0.136. The molecule has 110 valence electrons. The Bertz CT molecular complexity index is 578. The number of ether oxygens (including phenoxy) is 1. The maximum absolute atomic E-state index is 10.8. The predicted molar refractivity (Wildman–Crippen MR) is 76.6 cm³/mol. The minimum atomic E-state index is -0.775. The van der Waals surface area contributed by atoms with Gasteiger partial charge in [0.05, 0.1) is 24.2 Å². The fraction of sp³-hybridized carbons (Fsp3) is 0.529. The van der Waals surface area contributed by atoms with Crippen molar-refractivity contribution >= 4 is 5.97 Å². The van der Waals surface area contributed by atoms with Gasteiger partial charge in [-0.1, -0.05) is 24.3 Å². The summed E-state index contributed by atoms with van der Waals surface area (Å²) in [6, 6.07) is 10.4. The van der Waals surface area contributed by atoms with Crippen LogP contribution in [-0.2, 0) is 22.4 Å². The number of rotatable bonds is 5. The Morgan fingerprint density at radius 1 is 1.29 bits per heavy atom. The number of benzene rings is 1. The summed E-state index contributed by atoms with van der Waals surface area (Å²) in [5.74, 6) is -0.543. The van der Waals surface area contributed by atoms with Crippen LogP contribution in [0.1, 0.15) is 30.4 Å². The number of fused-ring (bicyclic) bond motifs is 2. The smallest absolute Gasteiger partial charge is 0.303 e. The molecule has 1 aromatic rings. The summed E-state index contributed by atoms with van der Waals surface area (Å²) in [6.07, 6.45) is 3.86. The molecule has 0 amide bonds. The Morgan fingerprint density at radius 2 is 2.00 bits per heavy atom. The Hall–Kier alpha value is -1.86. The number of nitriles is 1. The second-order valence-electron chi connectivity index (χ2n) is 5.98. The van der Waals surface area contributed by atoms with Crippen molar-refractivity contribution in [2.75, 3.05) is 0 Å². The second-order valence-corrected chi connectivity index (χ2v) is 5.98. The molecule has 2 aliphatic rings. The van der Waals surface area contributed by atoms with E-state index in [1.54, 1.807) is 0 Å². The third-order valence-electron chi connectivity index (χ3n) is 4.76. The van der Waals surface area contributed by atoms with Crippen LogP contribution in [-0.4, -0.2) is 23.3 Å². The molecule has 0 saturated carbocycles. The zero-order valence-corrected chi connectivity index (χ0v) is 11.9. The topological polar surface area (TPSA) is 70.3 Å². The van der Waals surface area contributed by atoms with Gasteiger partial charge in [0, 0.05) is 12.3 Å². The highest BCUT2D eigenvalue weighted by molar-refractivity contribution is 5.67. The van der Waals surface area contributed by atoms with Crippen LogP contribution >= 0.6 is 0 Å². The van der Waals surface area contributed by atoms with Crippen LogP contribution in [0.2, 0.25) is 0 Å². The molecule has 0 aromatic heterocycles. The van der Waals surface area contributed by atoms with Gasteiger partial charge in [-0.05, 0) is 36.8 Å². The van der Waals surface area contributed by atoms with E-state index in [4.69, 9.17) is 9.84 Å². The standard InChI is InChI=1S/C17H19NO3/c18-10-14-13(15-6-7-16(14)21-15)9-12-4-2-1-3-11(12)5-8-17(19)20/h1-4,13-16H,5-9H2,(H,19,20)/t13-,14+,15+,16-/m1/s1. The first-order valence-corrected chi connectivity index (χ1v) is 7.52. The van der Waals surface area contributed by atoms with Crippen LogP contribution < -0.4 is 0 Å². The zero-order valence-electron chi connectivity index (χ0n) is 11.9. The van der Waals surface area contributed by atoms with Gasteiger partial charge in [0.1, 0.15) is 0 Å². The summed E-state index contributed by atoms with van der Waals surface area (Å²) in [7, 11) is 0. The lowest BCUT2D eigenvalue weighted by Crippen LogP contribution is -2.28. The molecule has 4 heteroatoms. The molecular formula is C17H19NO3. The average molecular weight is 285 g/mol. The van der Waals surface area contributed by atoms with E-state index < -0.39 is 5.97 Å². The van der Waals surface area contributed by atoms with Crippen molar-refractivity contribution < 1.29 is 14.6 Å². The van der Waals surface area contributed by atoms with Crippen molar-refractivity contribution in [2.45, 2.75) is 44.3 Å². The highest BCUT2D eigenvalue weighted by Crippen LogP contribution is 2.44. The van der Waals surface area contributed by atoms with Crippen molar-refractivity contribution in [2.24, 2.45) is 11.8 Å². The number of aliphatic carboxylic acids is 1. The Kier molecular flexibility index (Phi) is 3.94. The number of hydrogen-bond acceptors (Lipinski definition) is 3. The number of carbonyl (C=O) groups is 1. The molecule has 0 spiro atoms. The minimum absolute atomic E-state index is 0.0173. The molecule has 1 N–H and O–H groups in total. The molecule has 4 nitrogen and oxygen atoms in total. The van der Waals surface area contributed by atoms with Gasteiger partial charge in [0.15, 0.2) is 0 Å². The zero-order chi connectivity index (χ0) is 14.8. The van der Waals surface area contributed by atoms with Gasteiger partial charge in [-0.15, -0.1) is 0 Å². The minimum Gasteiger partial charge on any atom is -0.481 e.